The van der Waals surface area contributed by atoms with Gasteiger partial charge in [0, 0.05) is 6.54 Å². The van der Waals surface area contributed by atoms with Crippen LogP contribution in [0.1, 0.15) is 6.92 Å². The molecule has 0 bridgehead atoms. The number of carbonyl (C=O) groups is 2. The molecule has 0 rings (SSSR count). The van der Waals surface area contributed by atoms with E-state index in [4.69, 9.17) is 0 Å². The number of allylic oxidation sites excluding steroid dienone is 1. The van der Waals surface area contributed by atoms with Crippen LogP contribution in [-0.4, -0.2) is 51.7 Å². The quantitative estimate of drug-likeness (QED) is 0.390. The molecule has 0 aromatic carbocycles. The molecular formula is C12H21NO4. The van der Waals surface area contributed by atoms with Crippen LogP contribution in [0.25, 0.3) is 0 Å². The summed E-state index contributed by atoms with van der Waals surface area (Å²) >= 11 is 0. The van der Waals surface area contributed by atoms with Gasteiger partial charge in [0.1, 0.15) is 0 Å². The Kier molecular flexibility index (Phi) is 7.21. The first kappa shape index (κ1) is 15.6. The van der Waals surface area contributed by atoms with Crippen LogP contribution in [-0.2, 0) is 19.1 Å². The zero-order valence-corrected chi connectivity index (χ0v) is 11.1. The molecule has 0 aromatic heterocycles. The number of nitrogens with zero attached hydrogens (tertiary/aromatic N) is 1. The van der Waals surface area contributed by atoms with E-state index in [-0.39, 0.29) is 5.92 Å². The maximum atomic E-state index is 11.5. The predicted molar refractivity (Wildman–Crippen MR) is 64.4 cm³/mol. The fourth-order valence-electron chi connectivity index (χ4n) is 1.38. The van der Waals surface area contributed by atoms with Crippen molar-refractivity contribution >= 4 is 11.9 Å². The van der Waals surface area contributed by atoms with Crippen LogP contribution in [0.2, 0.25) is 0 Å². The van der Waals surface area contributed by atoms with Gasteiger partial charge in [0.05, 0.1) is 14.2 Å². The average Bonchev–Trinajstić information content (AvgIpc) is 2.28. The molecule has 0 fully saturated rings. The molecule has 0 spiro atoms. The summed E-state index contributed by atoms with van der Waals surface area (Å²) in [7, 11) is 6.39. The molecule has 0 saturated heterocycles. The maximum Gasteiger partial charge on any atom is 0.320 e. The molecule has 0 N–H and O–H groups in total. The molecule has 0 heterocycles. The predicted octanol–water partition coefficient (Wildman–Crippen LogP) is 0.702. The highest BCUT2D eigenvalue weighted by atomic mass is 16.5. The van der Waals surface area contributed by atoms with Gasteiger partial charge in [0.25, 0.3) is 0 Å². The zero-order chi connectivity index (χ0) is 13.4. The van der Waals surface area contributed by atoms with Gasteiger partial charge in [0.15, 0.2) is 5.92 Å². The number of hydrogen-bond donors (Lipinski definition) is 0. The summed E-state index contributed by atoms with van der Waals surface area (Å²) in [5.41, 5.74) is 0. The molecule has 98 valence electrons. The normalized spacial score (nSPS) is 13.1. The molecule has 1 atom stereocenters. The molecule has 1 unspecified atom stereocenters. The van der Waals surface area contributed by atoms with E-state index in [0.717, 1.165) is 6.54 Å². The van der Waals surface area contributed by atoms with Gasteiger partial charge in [-0.05, 0) is 20.0 Å². The lowest BCUT2D eigenvalue weighted by molar-refractivity contribution is -0.160. The van der Waals surface area contributed by atoms with Crippen LogP contribution in [0.5, 0.6) is 0 Å². The summed E-state index contributed by atoms with van der Waals surface area (Å²) in [6.45, 7) is 2.53. The van der Waals surface area contributed by atoms with Gasteiger partial charge in [-0.3, -0.25) is 9.59 Å². The van der Waals surface area contributed by atoms with E-state index >= 15 is 0 Å². The average molecular weight is 243 g/mol. The summed E-state index contributed by atoms with van der Waals surface area (Å²) in [6.07, 6.45) is 3.72. The smallest absolute Gasteiger partial charge is 0.320 e. The van der Waals surface area contributed by atoms with E-state index in [1.807, 2.05) is 31.1 Å². The van der Waals surface area contributed by atoms with Gasteiger partial charge in [-0.25, -0.2) is 0 Å². The van der Waals surface area contributed by atoms with Crippen molar-refractivity contribution in [2.24, 2.45) is 11.8 Å². The molecule has 0 amide bonds. The Labute approximate surface area is 102 Å². The number of methoxy groups -OCH3 is 2. The number of rotatable bonds is 6. The number of esters is 2. The molecular weight excluding hydrogens is 222 g/mol. The Morgan fingerprint density at radius 3 is 2.00 bits per heavy atom. The lowest BCUT2D eigenvalue weighted by Crippen LogP contribution is -2.31. The topological polar surface area (TPSA) is 55.8 Å². The van der Waals surface area contributed by atoms with Crippen LogP contribution in [0.4, 0.5) is 0 Å². The fraction of sp³-hybridized carbons (Fsp3) is 0.667. The second-order valence-corrected chi connectivity index (χ2v) is 4.07. The standard InChI is InChI=1S/C12H21NO4/c1-9(7-6-8-13(2)3)10(11(14)16-4)12(15)17-5/h6-7,9-10H,8H2,1-5H3/b7-6+. The Balaban J connectivity index is 4.64. The molecule has 0 saturated carbocycles. The van der Waals surface area contributed by atoms with Gasteiger partial charge >= 0.3 is 11.9 Å². The first-order valence-electron chi connectivity index (χ1n) is 5.41. The lowest BCUT2D eigenvalue weighted by atomic mass is 9.93. The molecule has 5 nitrogen and oxygen atoms in total. The Morgan fingerprint density at radius 1 is 1.18 bits per heavy atom. The summed E-state index contributed by atoms with van der Waals surface area (Å²) in [6, 6.07) is 0. The maximum absolute atomic E-state index is 11.5. The van der Waals surface area contributed by atoms with E-state index in [0.29, 0.717) is 0 Å². The molecule has 0 radical (unpaired) electrons. The van der Waals surface area contributed by atoms with Crippen LogP contribution in [0.3, 0.4) is 0 Å². The molecule has 0 aliphatic heterocycles. The van der Waals surface area contributed by atoms with Crippen molar-refractivity contribution in [1.82, 2.24) is 4.90 Å². The van der Waals surface area contributed by atoms with Gasteiger partial charge in [-0.1, -0.05) is 19.1 Å². The molecule has 0 aromatic rings. The zero-order valence-electron chi connectivity index (χ0n) is 11.1. The molecule has 17 heavy (non-hydrogen) atoms. The third-order valence-corrected chi connectivity index (χ3v) is 2.35. The van der Waals surface area contributed by atoms with Gasteiger partial charge < -0.3 is 14.4 Å². The minimum absolute atomic E-state index is 0.255. The van der Waals surface area contributed by atoms with Crippen LogP contribution < -0.4 is 0 Å². The van der Waals surface area contributed by atoms with Crippen LogP contribution >= 0.6 is 0 Å². The van der Waals surface area contributed by atoms with Gasteiger partial charge in [-0.15, -0.1) is 0 Å². The van der Waals surface area contributed by atoms with Crippen molar-refractivity contribution in [3.05, 3.63) is 12.2 Å². The van der Waals surface area contributed by atoms with Crippen molar-refractivity contribution in [2.75, 3.05) is 34.9 Å². The minimum Gasteiger partial charge on any atom is -0.468 e. The highest BCUT2D eigenvalue weighted by Gasteiger charge is 2.32. The number of ether oxygens (including phenoxy) is 2. The number of likely N-dealkylation sites (N-methyl/N-ethyl adjacent to an activating group) is 1. The Morgan fingerprint density at radius 2 is 1.65 bits per heavy atom. The Hall–Kier alpha value is -1.36. The summed E-state index contributed by atoms with van der Waals surface area (Å²) in [4.78, 5) is 24.9. The SMILES string of the molecule is COC(=O)C(C(=O)OC)C(C)/C=C/CN(C)C. The fourth-order valence-corrected chi connectivity index (χ4v) is 1.38. The minimum atomic E-state index is -0.900. The van der Waals surface area contributed by atoms with Crippen LogP contribution in [0, 0.1) is 11.8 Å². The van der Waals surface area contributed by atoms with E-state index in [1.54, 1.807) is 6.92 Å². The highest BCUT2D eigenvalue weighted by molar-refractivity contribution is 5.95. The third-order valence-electron chi connectivity index (χ3n) is 2.35. The highest BCUT2D eigenvalue weighted by Crippen LogP contribution is 2.16. The van der Waals surface area contributed by atoms with E-state index < -0.39 is 17.9 Å². The first-order valence-corrected chi connectivity index (χ1v) is 5.41. The number of hydrogen-bond acceptors (Lipinski definition) is 5. The number of carbonyl (C=O) groups excluding carboxylic acids is 2. The lowest BCUT2D eigenvalue weighted by Gasteiger charge is -2.16. The third kappa shape index (κ3) is 5.49. The molecule has 5 heteroatoms. The monoisotopic (exact) mass is 243 g/mol. The van der Waals surface area contributed by atoms with E-state index in [9.17, 15) is 9.59 Å². The largest absolute Gasteiger partial charge is 0.468 e. The summed E-state index contributed by atoms with van der Waals surface area (Å²) in [5.74, 6) is -2.30. The second kappa shape index (κ2) is 7.84. The van der Waals surface area contributed by atoms with Crippen LogP contribution in [0.15, 0.2) is 12.2 Å². The van der Waals surface area contributed by atoms with Gasteiger partial charge in [-0.2, -0.15) is 0 Å². The summed E-state index contributed by atoms with van der Waals surface area (Å²) < 4.78 is 9.20. The Bertz CT molecular complexity index is 270. The second-order valence-electron chi connectivity index (χ2n) is 4.07. The van der Waals surface area contributed by atoms with E-state index in [1.165, 1.54) is 14.2 Å². The van der Waals surface area contributed by atoms with Crippen molar-refractivity contribution in [3.8, 4) is 0 Å². The van der Waals surface area contributed by atoms with Crippen molar-refractivity contribution in [3.63, 3.8) is 0 Å². The molecule has 0 aliphatic rings. The first-order chi connectivity index (χ1) is 7.93. The van der Waals surface area contributed by atoms with Crippen molar-refractivity contribution in [1.29, 1.82) is 0 Å². The van der Waals surface area contributed by atoms with Gasteiger partial charge in [0.2, 0.25) is 0 Å². The summed E-state index contributed by atoms with van der Waals surface area (Å²) in [5, 5.41) is 0. The van der Waals surface area contributed by atoms with Crippen molar-refractivity contribution < 1.29 is 19.1 Å². The van der Waals surface area contributed by atoms with Crippen molar-refractivity contribution in [2.45, 2.75) is 6.92 Å². The molecule has 0 aliphatic carbocycles. The van der Waals surface area contributed by atoms with E-state index in [2.05, 4.69) is 9.47 Å².